The van der Waals surface area contributed by atoms with Crippen molar-refractivity contribution in [3.8, 4) is 0 Å². The van der Waals surface area contributed by atoms with Crippen LogP contribution in [0.1, 0.15) is 11.1 Å². The fourth-order valence-electron chi connectivity index (χ4n) is 1.46. The van der Waals surface area contributed by atoms with Gasteiger partial charge in [0.1, 0.15) is 0 Å². The Morgan fingerprint density at radius 1 is 1.00 bits per heavy atom. The Bertz CT molecular complexity index is 383. The van der Waals surface area contributed by atoms with Crippen molar-refractivity contribution in [1.82, 2.24) is 4.98 Å². The van der Waals surface area contributed by atoms with Gasteiger partial charge in [-0.2, -0.15) is 0 Å². The molecular formula is C12H14BrN. The van der Waals surface area contributed by atoms with Gasteiger partial charge >= 0.3 is 0 Å². The first kappa shape index (κ1) is 11.2. The van der Waals surface area contributed by atoms with Crippen LogP contribution in [0.4, 0.5) is 0 Å². The summed E-state index contributed by atoms with van der Waals surface area (Å²) in [5, 5.41) is 1.26. The molecule has 1 nitrogen and oxygen atoms in total. The summed E-state index contributed by atoms with van der Waals surface area (Å²) in [6.45, 7) is 4.21. The van der Waals surface area contributed by atoms with Crippen molar-refractivity contribution in [2.75, 3.05) is 5.83 Å². The second kappa shape index (κ2) is 5.11. The standard InChI is InChI=1S/C11H11N.CH3Br/c1-8-5-6-9(2)11-10(8)4-3-7-12-11;1-2/h3-7H,1-2H3;1H3. The van der Waals surface area contributed by atoms with E-state index in [0.29, 0.717) is 0 Å². The van der Waals surface area contributed by atoms with Gasteiger partial charge in [-0.15, -0.1) is 0 Å². The Morgan fingerprint density at radius 3 is 2.29 bits per heavy atom. The first-order valence-corrected chi connectivity index (χ1v) is 6.06. The van der Waals surface area contributed by atoms with Crippen molar-refractivity contribution in [3.63, 3.8) is 0 Å². The molecule has 1 aromatic carbocycles. The van der Waals surface area contributed by atoms with E-state index < -0.39 is 0 Å². The first-order chi connectivity index (χ1) is 6.79. The molecule has 0 aliphatic carbocycles. The number of benzene rings is 1. The van der Waals surface area contributed by atoms with E-state index in [4.69, 9.17) is 0 Å². The van der Waals surface area contributed by atoms with Gasteiger partial charge in [0.05, 0.1) is 5.52 Å². The highest BCUT2D eigenvalue weighted by atomic mass is 79.9. The van der Waals surface area contributed by atoms with Gasteiger partial charge in [-0.25, -0.2) is 0 Å². The summed E-state index contributed by atoms with van der Waals surface area (Å²) < 4.78 is 0. The van der Waals surface area contributed by atoms with Gasteiger partial charge in [-0.05, 0) is 36.9 Å². The molecule has 0 fully saturated rings. The number of nitrogens with zero attached hydrogens (tertiary/aromatic N) is 1. The zero-order valence-electron chi connectivity index (χ0n) is 8.71. The van der Waals surface area contributed by atoms with E-state index >= 15 is 0 Å². The lowest BCUT2D eigenvalue weighted by Gasteiger charge is -2.02. The van der Waals surface area contributed by atoms with Gasteiger partial charge in [-0.1, -0.05) is 34.1 Å². The monoisotopic (exact) mass is 251 g/mol. The SMILES string of the molecule is CBr.Cc1ccc(C)c2ncccc12. The van der Waals surface area contributed by atoms with Crippen LogP contribution in [0.25, 0.3) is 10.9 Å². The topological polar surface area (TPSA) is 12.9 Å². The maximum Gasteiger partial charge on any atom is 0.0733 e. The summed E-state index contributed by atoms with van der Waals surface area (Å²) in [4.78, 5) is 4.34. The molecule has 14 heavy (non-hydrogen) atoms. The van der Waals surface area contributed by atoms with Crippen LogP contribution in [0.15, 0.2) is 30.5 Å². The van der Waals surface area contributed by atoms with Crippen molar-refractivity contribution >= 4 is 26.8 Å². The molecule has 2 aromatic rings. The quantitative estimate of drug-likeness (QED) is 0.649. The van der Waals surface area contributed by atoms with E-state index in [-0.39, 0.29) is 0 Å². The average molecular weight is 252 g/mol. The predicted octanol–water partition coefficient (Wildman–Crippen LogP) is 3.86. The second-order valence-corrected chi connectivity index (χ2v) is 3.10. The van der Waals surface area contributed by atoms with Gasteiger partial charge in [0.15, 0.2) is 0 Å². The van der Waals surface area contributed by atoms with Crippen LogP contribution in [-0.4, -0.2) is 10.8 Å². The third-order valence-corrected chi connectivity index (χ3v) is 2.19. The number of hydrogen-bond donors (Lipinski definition) is 0. The number of fused-ring (bicyclic) bond motifs is 1. The molecule has 0 amide bonds. The first-order valence-electron chi connectivity index (χ1n) is 4.48. The molecule has 2 heteroatoms. The molecule has 0 aliphatic heterocycles. The summed E-state index contributed by atoms with van der Waals surface area (Å²) in [6, 6.07) is 8.35. The summed E-state index contributed by atoms with van der Waals surface area (Å²) in [7, 11) is 0. The summed E-state index contributed by atoms with van der Waals surface area (Å²) in [6.07, 6.45) is 1.84. The van der Waals surface area contributed by atoms with E-state index in [1.54, 1.807) is 0 Å². The molecule has 0 atom stereocenters. The third kappa shape index (κ3) is 2.13. The lowest BCUT2D eigenvalue weighted by Crippen LogP contribution is -1.84. The van der Waals surface area contributed by atoms with Crippen LogP contribution >= 0.6 is 15.9 Å². The normalized spacial score (nSPS) is 9.43. The fraction of sp³-hybridized carbons (Fsp3) is 0.250. The molecule has 74 valence electrons. The highest BCUT2D eigenvalue weighted by molar-refractivity contribution is 9.08. The van der Waals surface area contributed by atoms with E-state index in [2.05, 4.69) is 53.0 Å². The van der Waals surface area contributed by atoms with Crippen molar-refractivity contribution in [3.05, 3.63) is 41.6 Å². The number of pyridine rings is 1. The molecule has 0 aliphatic rings. The maximum atomic E-state index is 4.34. The molecule has 2 rings (SSSR count). The van der Waals surface area contributed by atoms with E-state index in [1.807, 2.05) is 18.1 Å². The molecule has 0 unspecified atom stereocenters. The average Bonchev–Trinajstić information content (AvgIpc) is 2.27. The predicted molar refractivity (Wildman–Crippen MR) is 66.1 cm³/mol. The van der Waals surface area contributed by atoms with Crippen molar-refractivity contribution in [2.24, 2.45) is 0 Å². The molecule has 0 bridgehead atoms. The minimum Gasteiger partial charge on any atom is -0.256 e. The Labute approximate surface area is 93.3 Å². The lowest BCUT2D eigenvalue weighted by molar-refractivity contribution is 1.35. The number of hydrogen-bond acceptors (Lipinski definition) is 1. The minimum absolute atomic E-state index is 1.12. The smallest absolute Gasteiger partial charge is 0.0733 e. The largest absolute Gasteiger partial charge is 0.256 e. The van der Waals surface area contributed by atoms with E-state index in [9.17, 15) is 0 Å². The molecule has 1 heterocycles. The Morgan fingerprint density at radius 2 is 1.64 bits per heavy atom. The molecule has 0 saturated carbocycles. The zero-order valence-corrected chi connectivity index (χ0v) is 10.3. The Balaban J connectivity index is 0.000000461. The number of halogens is 1. The van der Waals surface area contributed by atoms with Crippen molar-refractivity contribution in [2.45, 2.75) is 13.8 Å². The number of alkyl halides is 1. The summed E-state index contributed by atoms with van der Waals surface area (Å²) in [5.41, 5.74) is 3.66. The van der Waals surface area contributed by atoms with Gasteiger partial charge in [-0.3, -0.25) is 4.98 Å². The van der Waals surface area contributed by atoms with Crippen LogP contribution in [0.2, 0.25) is 0 Å². The molecule has 0 N–H and O–H groups in total. The van der Waals surface area contributed by atoms with Crippen LogP contribution in [0.5, 0.6) is 0 Å². The maximum absolute atomic E-state index is 4.34. The molecule has 0 spiro atoms. The van der Waals surface area contributed by atoms with E-state index in [0.717, 1.165) is 5.52 Å². The molecule has 0 saturated heterocycles. The van der Waals surface area contributed by atoms with E-state index in [1.165, 1.54) is 16.5 Å². The second-order valence-electron chi connectivity index (χ2n) is 3.10. The van der Waals surface area contributed by atoms with Crippen molar-refractivity contribution < 1.29 is 0 Å². The third-order valence-electron chi connectivity index (χ3n) is 2.19. The van der Waals surface area contributed by atoms with Crippen LogP contribution < -0.4 is 0 Å². The summed E-state index contributed by atoms with van der Waals surface area (Å²) in [5.74, 6) is 1.81. The summed E-state index contributed by atoms with van der Waals surface area (Å²) >= 11 is 2.94. The van der Waals surface area contributed by atoms with Crippen LogP contribution in [0, 0.1) is 13.8 Å². The number of aromatic nitrogens is 1. The molecule has 1 aromatic heterocycles. The highest BCUT2D eigenvalue weighted by Gasteiger charge is 1.98. The van der Waals surface area contributed by atoms with Gasteiger partial charge in [0.2, 0.25) is 0 Å². The Hall–Kier alpha value is -0.890. The van der Waals surface area contributed by atoms with Gasteiger partial charge < -0.3 is 0 Å². The van der Waals surface area contributed by atoms with Crippen molar-refractivity contribution in [1.29, 1.82) is 0 Å². The lowest BCUT2D eigenvalue weighted by atomic mass is 10.1. The van der Waals surface area contributed by atoms with Crippen LogP contribution in [0.3, 0.4) is 0 Å². The Kier molecular flexibility index (Phi) is 4.08. The molecule has 0 radical (unpaired) electrons. The van der Waals surface area contributed by atoms with Gasteiger partial charge in [0, 0.05) is 11.6 Å². The number of rotatable bonds is 0. The fourth-order valence-corrected chi connectivity index (χ4v) is 1.46. The minimum atomic E-state index is 1.12. The van der Waals surface area contributed by atoms with Gasteiger partial charge in [0.25, 0.3) is 0 Å². The zero-order chi connectivity index (χ0) is 10.6. The highest BCUT2D eigenvalue weighted by Crippen LogP contribution is 2.18. The molecular weight excluding hydrogens is 238 g/mol. The van der Waals surface area contributed by atoms with Crippen LogP contribution in [-0.2, 0) is 0 Å². The number of aryl methyl sites for hydroxylation is 2.